The number of hydrogen-bond acceptors (Lipinski definition) is 8. The lowest BCUT2D eigenvalue weighted by atomic mass is 10.1. The molecule has 0 saturated heterocycles. The van der Waals surface area contributed by atoms with Gasteiger partial charge in [-0.2, -0.15) is 0 Å². The molecule has 0 radical (unpaired) electrons. The van der Waals surface area contributed by atoms with Crippen molar-refractivity contribution in [3.8, 4) is 11.3 Å². The number of rotatable bonds is 5. The van der Waals surface area contributed by atoms with E-state index >= 15 is 0 Å². The number of sulfone groups is 1. The lowest BCUT2D eigenvalue weighted by Crippen LogP contribution is -2.24. The molecule has 6 rings (SSSR count). The Hall–Kier alpha value is -3.76. The third-order valence-corrected chi connectivity index (χ3v) is 8.14. The molecule has 1 saturated carbocycles. The largest absolute Gasteiger partial charge is 0.374 e. The monoisotopic (exact) mass is 501 g/mol. The Bertz CT molecular complexity index is 1600. The highest BCUT2D eigenvalue weighted by Crippen LogP contribution is 2.39. The van der Waals surface area contributed by atoms with E-state index < -0.39 is 15.7 Å². The van der Waals surface area contributed by atoms with Crippen LogP contribution in [0, 0.1) is 0 Å². The Kier molecular flexibility index (Phi) is 5.69. The van der Waals surface area contributed by atoms with Crippen molar-refractivity contribution in [1.29, 1.82) is 0 Å². The molecule has 1 aromatic carbocycles. The van der Waals surface area contributed by atoms with Gasteiger partial charge >= 0.3 is 0 Å². The third kappa shape index (κ3) is 4.57. The maximum atomic E-state index is 12.8. The van der Waals surface area contributed by atoms with E-state index in [1.807, 2.05) is 30.5 Å². The summed E-state index contributed by atoms with van der Waals surface area (Å²) in [6.07, 6.45) is 9.09. The van der Waals surface area contributed by atoms with E-state index in [4.69, 9.17) is 9.72 Å². The van der Waals surface area contributed by atoms with Gasteiger partial charge in [0.2, 0.25) is 0 Å². The number of aromatic nitrogens is 4. The van der Waals surface area contributed by atoms with Crippen LogP contribution in [0.1, 0.15) is 46.2 Å². The number of carbonyl (C=O) groups is 1. The summed E-state index contributed by atoms with van der Waals surface area (Å²) in [4.78, 5) is 30.6. The number of hydrogen-bond donors (Lipinski definition) is 1. The van der Waals surface area contributed by atoms with Gasteiger partial charge in [-0.05, 0) is 36.4 Å². The molecule has 0 unspecified atom stereocenters. The van der Waals surface area contributed by atoms with E-state index in [1.165, 1.54) is 25.1 Å². The highest BCUT2D eigenvalue weighted by molar-refractivity contribution is 7.91. The molecule has 4 heterocycles. The fourth-order valence-corrected chi connectivity index (χ4v) is 5.57. The molecular weight excluding hydrogens is 478 g/mol. The summed E-state index contributed by atoms with van der Waals surface area (Å²) in [6.45, 7) is 0.396. The van der Waals surface area contributed by atoms with Gasteiger partial charge in [0.05, 0.1) is 64.9 Å². The summed E-state index contributed by atoms with van der Waals surface area (Å²) < 4.78 is 30.3. The molecule has 0 spiro atoms. The summed E-state index contributed by atoms with van der Waals surface area (Å²) >= 11 is 0. The zero-order valence-corrected chi connectivity index (χ0v) is 20.2. The number of amides is 1. The van der Waals surface area contributed by atoms with Crippen LogP contribution in [-0.4, -0.2) is 46.6 Å². The number of carbonyl (C=O) groups excluding carboxylic acids is 1. The molecule has 1 aliphatic carbocycles. The highest BCUT2D eigenvalue weighted by atomic mass is 32.2. The van der Waals surface area contributed by atoms with Crippen LogP contribution in [0.4, 0.5) is 0 Å². The topological polar surface area (TPSA) is 124 Å². The number of nitrogens with zero attached hydrogens (tertiary/aromatic N) is 4. The van der Waals surface area contributed by atoms with Gasteiger partial charge in [0.15, 0.2) is 9.84 Å². The number of pyridine rings is 2. The SMILES string of the molecule is O=C(NCc1cc2cc(-c3cncc(C4CC4)n3)ccc2cn1)c1cnc2c(c1)S(=O)(=O)CCOC2. The molecule has 1 aliphatic heterocycles. The number of fused-ring (bicyclic) bond motifs is 2. The van der Waals surface area contributed by atoms with Crippen molar-refractivity contribution in [3.63, 3.8) is 0 Å². The van der Waals surface area contributed by atoms with Crippen molar-refractivity contribution >= 4 is 26.5 Å². The van der Waals surface area contributed by atoms with Gasteiger partial charge in [-0.25, -0.2) is 13.4 Å². The minimum absolute atomic E-state index is 0.0536. The molecule has 3 aromatic heterocycles. The first-order valence-electron chi connectivity index (χ1n) is 11.7. The first-order valence-corrected chi connectivity index (χ1v) is 13.4. The Morgan fingerprint density at radius 1 is 1.03 bits per heavy atom. The van der Waals surface area contributed by atoms with Crippen LogP contribution in [0.25, 0.3) is 22.0 Å². The Balaban J connectivity index is 1.21. The number of ether oxygens (including phenoxy) is 1. The Morgan fingerprint density at radius 3 is 2.78 bits per heavy atom. The van der Waals surface area contributed by atoms with Gasteiger partial charge in [-0.1, -0.05) is 12.1 Å². The predicted octanol–water partition coefficient (Wildman–Crippen LogP) is 3.20. The highest BCUT2D eigenvalue weighted by Gasteiger charge is 2.26. The molecule has 36 heavy (non-hydrogen) atoms. The van der Waals surface area contributed by atoms with Crippen LogP contribution in [0.3, 0.4) is 0 Å². The standard InChI is InChI=1S/C26H23N5O4S/c32-26(20-9-25-24(29-11-20)15-35-5-6-36(25,33)34)30-12-21-8-19-7-17(3-4-18(19)10-28-21)23-14-27-13-22(31-23)16-1-2-16/h3-4,7-11,13-14,16H,1-2,5-6,12,15H2,(H,30,32). The van der Waals surface area contributed by atoms with E-state index in [-0.39, 0.29) is 36.0 Å². The van der Waals surface area contributed by atoms with Crippen molar-refractivity contribution in [1.82, 2.24) is 25.3 Å². The summed E-state index contributed by atoms with van der Waals surface area (Å²) in [5.74, 6) is -0.0272. The number of benzene rings is 1. The molecule has 0 atom stereocenters. The van der Waals surface area contributed by atoms with E-state index in [2.05, 4.69) is 20.3 Å². The molecule has 10 heteroatoms. The van der Waals surface area contributed by atoms with E-state index in [0.29, 0.717) is 17.3 Å². The van der Waals surface area contributed by atoms with Gasteiger partial charge in [0, 0.05) is 35.5 Å². The molecular formula is C26H23N5O4S. The molecule has 2 aliphatic rings. The van der Waals surface area contributed by atoms with Crippen molar-refractivity contribution in [2.24, 2.45) is 0 Å². The Labute approximate surface area is 207 Å². The molecule has 0 bridgehead atoms. The van der Waals surface area contributed by atoms with Gasteiger partial charge in [-0.3, -0.25) is 19.7 Å². The van der Waals surface area contributed by atoms with Gasteiger partial charge < -0.3 is 10.1 Å². The van der Waals surface area contributed by atoms with Gasteiger partial charge in [0.1, 0.15) is 0 Å². The third-order valence-electron chi connectivity index (χ3n) is 6.42. The zero-order chi connectivity index (χ0) is 24.7. The maximum Gasteiger partial charge on any atom is 0.253 e. The quantitative estimate of drug-likeness (QED) is 0.442. The van der Waals surface area contributed by atoms with Crippen molar-refractivity contribution in [2.75, 3.05) is 12.4 Å². The van der Waals surface area contributed by atoms with Crippen molar-refractivity contribution < 1.29 is 17.9 Å². The predicted molar refractivity (Wildman–Crippen MR) is 132 cm³/mol. The van der Waals surface area contributed by atoms with Crippen LogP contribution in [0.5, 0.6) is 0 Å². The molecule has 1 fully saturated rings. The average molecular weight is 502 g/mol. The van der Waals surface area contributed by atoms with Crippen molar-refractivity contribution in [2.45, 2.75) is 36.8 Å². The van der Waals surface area contributed by atoms with Crippen LogP contribution in [-0.2, 0) is 27.7 Å². The fraction of sp³-hybridized carbons (Fsp3) is 0.269. The average Bonchev–Trinajstić information content (AvgIpc) is 3.76. The zero-order valence-electron chi connectivity index (χ0n) is 19.3. The normalized spacial score (nSPS) is 16.8. The first-order chi connectivity index (χ1) is 17.5. The molecule has 1 N–H and O–H groups in total. The van der Waals surface area contributed by atoms with Crippen LogP contribution >= 0.6 is 0 Å². The number of nitrogens with one attached hydrogen (secondary N) is 1. The Morgan fingerprint density at radius 2 is 1.92 bits per heavy atom. The first kappa shape index (κ1) is 22.7. The summed E-state index contributed by atoms with van der Waals surface area (Å²) in [6, 6.07) is 9.35. The second-order valence-electron chi connectivity index (χ2n) is 9.06. The van der Waals surface area contributed by atoms with Crippen LogP contribution in [0.2, 0.25) is 0 Å². The molecule has 1 amide bonds. The fourth-order valence-electron chi connectivity index (χ4n) is 4.23. The molecule has 4 aromatic rings. The van der Waals surface area contributed by atoms with Gasteiger partial charge in [0.25, 0.3) is 5.91 Å². The summed E-state index contributed by atoms with van der Waals surface area (Å²) in [7, 11) is -3.55. The van der Waals surface area contributed by atoms with Crippen LogP contribution < -0.4 is 5.32 Å². The minimum Gasteiger partial charge on any atom is -0.374 e. The van der Waals surface area contributed by atoms with Gasteiger partial charge in [-0.15, -0.1) is 0 Å². The van der Waals surface area contributed by atoms with E-state index in [0.717, 1.165) is 27.7 Å². The van der Waals surface area contributed by atoms with Crippen LogP contribution in [0.15, 0.2) is 60.0 Å². The lowest BCUT2D eigenvalue weighted by molar-refractivity contribution is 0.0949. The lowest BCUT2D eigenvalue weighted by Gasteiger charge is -2.09. The smallest absolute Gasteiger partial charge is 0.253 e. The van der Waals surface area contributed by atoms with Crippen molar-refractivity contribution in [3.05, 3.63) is 77.8 Å². The molecule has 9 nitrogen and oxygen atoms in total. The van der Waals surface area contributed by atoms with E-state index in [9.17, 15) is 13.2 Å². The maximum absolute atomic E-state index is 12.8. The molecule has 182 valence electrons. The second kappa shape index (κ2) is 9.03. The second-order valence-corrected chi connectivity index (χ2v) is 11.1. The summed E-state index contributed by atoms with van der Waals surface area (Å²) in [5.41, 5.74) is 4.02. The van der Waals surface area contributed by atoms with E-state index in [1.54, 1.807) is 12.4 Å². The minimum atomic E-state index is -3.55. The summed E-state index contributed by atoms with van der Waals surface area (Å²) in [5, 5.41) is 4.76.